The van der Waals surface area contributed by atoms with Gasteiger partial charge in [-0.15, -0.1) is 11.8 Å². The minimum Gasteiger partial charge on any atom is -0.496 e. The smallest absolute Gasteiger partial charge is 0.336 e. The van der Waals surface area contributed by atoms with E-state index >= 15 is 0 Å². The first-order chi connectivity index (χ1) is 7.86. The van der Waals surface area contributed by atoms with Crippen LogP contribution in [-0.2, 0) is 4.79 Å². The fraction of sp³-hybridized carbons (Fsp3) is 0.364. The number of methoxy groups -OCH3 is 1. The number of aliphatic hydroxyl groups is 1. The minimum atomic E-state index is -1.77. The highest BCUT2D eigenvalue weighted by Gasteiger charge is 2.30. The summed E-state index contributed by atoms with van der Waals surface area (Å²) in [5.41, 5.74) is 4.40. The average molecular weight is 257 g/mol. The summed E-state index contributed by atoms with van der Waals surface area (Å²) in [5.74, 6) is -0.654. The van der Waals surface area contributed by atoms with E-state index in [2.05, 4.69) is 0 Å². The molecule has 0 radical (unpaired) electrons. The molecule has 0 aliphatic rings. The Bertz CT molecular complexity index is 420. The molecule has 0 heterocycles. The third kappa shape index (κ3) is 3.54. The first-order valence-corrected chi connectivity index (χ1v) is 5.87. The number of nitrogen functional groups attached to an aromatic ring is 1. The third-order valence-electron chi connectivity index (χ3n) is 2.16. The molecule has 0 fully saturated rings. The minimum absolute atomic E-state index is 0.0304. The quantitative estimate of drug-likeness (QED) is 0.542. The Labute approximate surface area is 104 Å². The zero-order chi connectivity index (χ0) is 13.1. The zero-order valence-corrected chi connectivity index (χ0v) is 10.5. The van der Waals surface area contributed by atoms with E-state index in [4.69, 9.17) is 15.6 Å². The van der Waals surface area contributed by atoms with Crippen molar-refractivity contribution in [1.82, 2.24) is 0 Å². The van der Waals surface area contributed by atoms with Gasteiger partial charge in [0.25, 0.3) is 0 Å². The summed E-state index contributed by atoms with van der Waals surface area (Å²) < 4.78 is 5.12. The molecule has 17 heavy (non-hydrogen) atoms. The second kappa shape index (κ2) is 5.29. The molecule has 5 nitrogen and oxygen atoms in total. The molecule has 0 spiro atoms. The third-order valence-corrected chi connectivity index (χ3v) is 3.51. The normalized spacial score (nSPS) is 14.1. The number of carboxylic acid groups (broad SMARTS) is 1. The van der Waals surface area contributed by atoms with Crippen LogP contribution in [0.3, 0.4) is 0 Å². The Morgan fingerprint density at radius 3 is 2.76 bits per heavy atom. The van der Waals surface area contributed by atoms with E-state index in [1.54, 1.807) is 18.2 Å². The number of nitrogens with two attached hydrogens (primary N) is 1. The lowest BCUT2D eigenvalue weighted by Gasteiger charge is -2.18. The highest BCUT2D eigenvalue weighted by molar-refractivity contribution is 7.99. The molecule has 1 rings (SSSR count). The van der Waals surface area contributed by atoms with E-state index in [-0.39, 0.29) is 5.75 Å². The molecule has 0 saturated carbocycles. The summed E-state index contributed by atoms with van der Waals surface area (Å²) in [6.07, 6.45) is 0. The van der Waals surface area contributed by atoms with Crippen molar-refractivity contribution in [3.05, 3.63) is 18.2 Å². The number of hydrogen-bond donors (Lipinski definition) is 3. The van der Waals surface area contributed by atoms with Crippen molar-refractivity contribution < 1.29 is 19.7 Å². The maximum Gasteiger partial charge on any atom is 0.336 e. The molecule has 94 valence electrons. The van der Waals surface area contributed by atoms with Crippen LogP contribution in [0.4, 0.5) is 5.69 Å². The van der Waals surface area contributed by atoms with Gasteiger partial charge in [0.05, 0.1) is 7.11 Å². The highest BCUT2D eigenvalue weighted by atomic mass is 32.2. The molecular weight excluding hydrogens is 242 g/mol. The Kier molecular flexibility index (Phi) is 4.25. The van der Waals surface area contributed by atoms with Crippen LogP contribution >= 0.6 is 11.8 Å². The number of carboxylic acids is 1. The van der Waals surface area contributed by atoms with Crippen molar-refractivity contribution in [2.24, 2.45) is 0 Å². The monoisotopic (exact) mass is 257 g/mol. The Hall–Kier alpha value is -1.40. The van der Waals surface area contributed by atoms with Crippen LogP contribution in [0.25, 0.3) is 0 Å². The van der Waals surface area contributed by atoms with Crippen molar-refractivity contribution in [2.75, 3.05) is 18.6 Å². The van der Waals surface area contributed by atoms with Crippen LogP contribution in [0.15, 0.2) is 23.1 Å². The standard InChI is InChI=1S/C11H15NO4S/c1-11(15,10(13)14)6-17-9-4-3-7(12)5-8(9)16-2/h3-5,15H,6,12H2,1-2H3,(H,13,14). The number of benzene rings is 1. The van der Waals surface area contributed by atoms with Gasteiger partial charge in [-0.3, -0.25) is 0 Å². The number of rotatable bonds is 5. The van der Waals surface area contributed by atoms with Crippen molar-refractivity contribution in [3.63, 3.8) is 0 Å². The summed E-state index contributed by atoms with van der Waals surface area (Å²) in [7, 11) is 1.51. The van der Waals surface area contributed by atoms with Crippen LogP contribution in [-0.4, -0.2) is 34.6 Å². The molecular formula is C11H15NO4S. The van der Waals surface area contributed by atoms with E-state index < -0.39 is 11.6 Å². The average Bonchev–Trinajstić information content (AvgIpc) is 2.27. The van der Waals surface area contributed by atoms with Gasteiger partial charge in [0.15, 0.2) is 5.60 Å². The molecule has 0 bridgehead atoms. The molecule has 1 aromatic rings. The van der Waals surface area contributed by atoms with Crippen molar-refractivity contribution in [3.8, 4) is 5.75 Å². The molecule has 4 N–H and O–H groups in total. The molecule has 0 aliphatic carbocycles. The fourth-order valence-electron chi connectivity index (χ4n) is 1.08. The van der Waals surface area contributed by atoms with Gasteiger partial charge in [0.1, 0.15) is 5.75 Å². The summed E-state index contributed by atoms with van der Waals surface area (Å²) in [5, 5.41) is 18.4. The number of thioether (sulfide) groups is 1. The van der Waals surface area contributed by atoms with E-state index in [0.29, 0.717) is 11.4 Å². The number of hydrogen-bond acceptors (Lipinski definition) is 5. The maximum absolute atomic E-state index is 10.7. The predicted octanol–water partition coefficient (Wildman–Crippen LogP) is 1.21. The molecule has 0 saturated heterocycles. The van der Waals surface area contributed by atoms with Gasteiger partial charge in [0, 0.05) is 22.4 Å². The van der Waals surface area contributed by atoms with Crippen molar-refractivity contribution in [2.45, 2.75) is 17.4 Å². The lowest BCUT2D eigenvalue weighted by Crippen LogP contribution is -2.37. The Morgan fingerprint density at radius 1 is 1.59 bits per heavy atom. The van der Waals surface area contributed by atoms with E-state index in [1.165, 1.54) is 25.8 Å². The summed E-state index contributed by atoms with van der Waals surface area (Å²) in [6.45, 7) is 1.26. The molecule has 0 aromatic heterocycles. The van der Waals surface area contributed by atoms with Gasteiger partial charge in [-0.2, -0.15) is 0 Å². The Balaban J connectivity index is 2.79. The second-order valence-corrected chi connectivity index (χ2v) is 4.80. The van der Waals surface area contributed by atoms with E-state index in [1.807, 2.05) is 0 Å². The van der Waals surface area contributed by atoms with Gasteiger partial charge in [-0.1, -0.05) is 0 Å². The van der Waals surface area contributed by atoms with Gasteiger partial charge >= 0.3 is 5.97 Å². The molecule has 1 atom stereocenters. The summed E-state index contributed by atoms with van der Waals surface area (Å²) in [6, 6.07) is 5.08. The first kappa shape index (κ1) is 13.7. The number of anilines is 1. The van der Waals surface area contributed by atoms with Gasteiger partial charge < -0.3 is 20.7 Å². The van der Waals surface area contributed by atoms with Crippen LogP contribution in [0.2, 0.25) is 0 Å². The maximum atomic E-state index is 10.7. The van der Waals surface area contributed by atoms with Crippen LogP contribution in [0, 0.1) is 0 Å². The second-order valence-electron chi connectivity index (χ2n) is 3.78. The number of carbonyl (C=O) groups is 1. The number of aliphatic carboxylic acids is 1. The van der Waals surface area contributed by atoms with Crippen molar-refractivity contribution in [1.29, 1.82) is 0 Å². The van der Waals surface area contributed by atoms with E-state index in [0.717, 1.165) is 4.90 Å². The molecule has 1 aromatic carbocycles. The number of ether oxygens (including phenoxy) is 1. The summed E-state index contributed by atoms with van der Waals surface area (Å²) >= 11 is 1.20. The van der Waals surface area contributed by atoms with Crippen LogP contribution < -0.4 is 10.5 Å². The Morgan fingerprint density at radius 2 is 2.24 bits per heavy atom. The molecule has 0 amide bonds. The topological polar surface area (TPSA) is 92.8 Å². The van der Waals surface area contributed by atoms with Crippen LogP contribution in [0.1, 0.15) is 6.92 Å². The fourth-order valence-corrected chi connectivity index (χ4v) is 2.09. The molecule has 6 heteroatoms. The van der Waals surface area contributed by atoms with Gasteiger partial charge in [-0.25, -0.2) is 4.79 Å². The summed E-state index contributed by atoms with van der Waals surface area (Å²) in [4.78, 5) is 11.5. The lowest BCUT2D eigenvalue weighted by atomic mass is 10.1. The van der Waals surface area contributed by atoms with Crippen LogP contribution in [0.5, 0.6) is 5.75 Å². The highest BCUT2D eigenvalue weighted by Crippen LogP contribution is 2.32. The van der Waals surface area contributed by atoms with Gasteiger partial charge in [-0.05, 0) is 19.1 Å². The van der Waals surface area contributed by atoms with Gasteiger partial charge in [0.2, 0.25) is 0 Å². The van der Waals surface area contributed by atoms with Crippen molar-refractivity contribution >= 4 is 23.4 Å². The SMILES string of the molecule is COc1cc(N)ccc1SCC(C)(O)C(=O)O. The molecule has 1 unspecified atom stereocenters. The first-order valence-electron chi connectivity index (χ1n) is 4.89. The lowest BCUT2D eigenvalue weighted by molar-refractivity contribution is -0.154. The largest absolute Gasteiger partial charge is 0.496 e. The predicted molar refractivity (Wildman–Crippen MR) is 66.4 cm³/mol. The zero-order valence-electron chi connectivity index (χ0n) is 9.64. The van der Waals surface area contributed by atoms with E-state index in [9.17, 15) is 9.90 Å². The molecule has 0 aliphatic heterocycles.